The van der Waals surface area contributed by atoms with Crippen LogP contribution in [0.3, 0.4) is 0 Å². The fourth-order valence-corrected chi connectivity index (χ4v) is 3.17. The molecule has 5 nitrogen and oxygen atoms in total. The van der Waals surface area contributed by atoms with Gasteiger partial charge in [0.05, 0.1) is 23.0 Å². The van der Waals surface area contributed by atoms with E-state index < -0.39 is 47.2 Å². The number of hydrogen-bond donors (Lipinski definition) is 1. The van der Waals surface area contributed by atoms with E-state index in [1.54, 1.807) is 11.4 Å². The van der Waals surface area contributed by atoms with Crippen molar-refractivity contribution in [3.8, 4) is 0 Å². The first-order valence-electron chi connectivity index (χ1n) is 7.47. The summed E-state index contributed by atoms with van der Waals surface area (Å²) in [6, 6.07) is 2.31. The fourth-order valence-electron chi connectivity index (χ4n) is 2.37. The second-order valence-corrected chi connectivity index (χ2v) is 6.57. The SMILES string of the molecule is O=C(Cn1cnc2ccsc2c1=O)Nc1cc(C(F)(F)F)cc(C(F)(F)F)c1. The first-order valence-corrected chi connectivity index (χ1v) is 8.35. The molecule has 2 aromatic heterocycles. The standard InChI is InChI=1S/C16H9F6N3O2S/c17-15(18,19)8-3-9(16(20,21)22)5-10(4-8)24-12(26)6-25-7-23-11-1-2-28-13(11)14(25)27/h1-5,7H,6H2,(H,24,26). The van der Waals surface area contributed by atoms with Gasteiger partial charge in [-0.15, -0.1) is 11.3 Å². The fraction of sp³-hybridized carbons (Fsp3) is 0.188. The number of carbonyl (C=O) groups excluding carboxylic acids is 1. The highest BCUT2D eigenvalue weighted by Crippen LogP contribution is 2.37. The summed E-state index contributed by atoms with van der Waals surface area (Å²) in [5.41, 5.74) is -3.94. The zero-order valence-corrected chi connectivity index (χ0v) is 14.4. The van der Waals surface area contributed by atoms with Gasteiger partial charge in [0.15, 0.2) is 0 Å². The average molecular weight is 421 g/mol. The monoisotopic (exact) mass is 421 g/mol. The van der Waals surface area contributed by atoms with E-state index in [1.807, 2.05) is 5.32 Å². The predicted octanol–water partition coefficient (Wildman–Crippen LogP) is 4.13. The Morgan fingerprint density at radius 3 is 2.25 bits per heavy atom. The van der Waals surface area contributed by atoms with Crippen LogP contribution in [0.25, 0.3) is 10.2 Å². The molecule has 0 saturated heterocycles. The number of halogens is 6. The number of carbonyl (C=O) groups is 1. The normalized spacial score (nSPS) is 12.4. The highest BCUT2D eigenvalue weighted by Gasteiger charge is 2.37. The van der Waals surface area contributed by atoms with Crippen LogP contribution < -0.4 is 10.9 Å². The van der Waals surface area contributed by atoms with E-state index in [0.717, 1.165) is 22.2 Å². The Kier molecular flexibility index (Phi) is 4.91. The smallest absolute Gasteiger partial charge is 0.325 e. The zero-order chi connectivity index (χ0) is 20.7. The van der Waals surface area contributed by atoms with E-state index in [4.69, 9.17) is 0 Å². The van der Waals surface area contributed by atoms with E-state index in [0.29, 0.717) is 17.6 Å². The molecular formula is C16H9F6N3O2S. The lowest BCUT2D eigenvalue weighted by molar-refractivity contribution is -0.143. The van der Waals surface area contributed by atoms with Crippen LogP contribution in [0, 0.1) is 0 Å². The molecule has 0 aliphatic heterocycles. The van der Waals surface area contributed by atoms with E-state index in [9.17, 15) is 35.9 Å². The van der Waals surface area contributed by atoms with Gasteiger partial charge in [-0.2, -0.15) is 26.3 Å². The van der Waals surface area contributed by atoms with Crippen LogP contribution in [0.4, 0.5) is 32.0 Å². The van der Waals surface area contributed by atoms with Gasteiger partial charge in [-0.25, -0.2) is 4.98 Å². The van der Waals surface area contributed by atoms with Crippen LogP contribution in [0.2, 0.25) is 0 Å². The van der Waals surface area contributed by atoms with Gasteiger partial charge >= 0.3 is 12.4 Å². The molecule has 0 bridgehead atoms. The summed E-state index contributed by atoms with van der Waals surface area (Å²) in [6.07, 6.45) is -9.00. The molecule has 3 aromatic rings. The van der Waals surface area contributed by atoms with Crippen molar-refractivity contribution in [2.24, 2.45) is 0 Å². The summed E-state index contributed by atoms with van der Waals surface area (Å²) in [5, 5.41) is 3.58. The maximum Gasteiger partial charge on any atom is 0.416 e. The lowest BCUT2D eigenvalue weighted by Crippen LogP contribution is -2.27. The molecule has 3 rings (SSSR count). The van der Waals surface area contributed by atoms with Crippen LogP contribution in [0.5, 0.6) is 0 Å². The third kappa shape index (κ3) is 4.16. The molecule has 0 fully saturated rings. The minimum absolute atomic E-state index is 0.0468. The maximum atomic E-state index is 12.9. The van der Waals surface area contributed by atoms with Crippen LogP contribution in [-0.4, -0.2) is 15.5 Å². The van der Waals surface area contributed by atoms with Crippen LogP contribution >= 0.6 is 11.3 Å². The maximum absolute atomic E-state index is 12.9. The topological polar surface area (TPSA) is 64.0 Å². The van der Waals surface area contributed by atoms with E-state index in [2.05, 4.69) is 4.98 Å². The van der Waals surface area contributed by atoms with Gasteiger partial charge in [0.1, 0.15) is 11.2 Å². The molecule has 0 radical (unpaired) electrons. The quantitative estimate of drug-likeness (QED) is 0.647. The Hall–Kier alpha value is -2.89. The number of anilines is 1. The van der Waals surface area contributed by atoms with E-state index in [-0.39, 0.29) is 10.8 Å². The van der Waals surface area contributed by atoms with Gasteiger partial charge in [-0.05, 0) is 29.6 Å². The van der Waals surface area contributed by atoms with Gasteiger partial charge in [-0.3, -0.25) is 14.2 Å². The van der Waals surface area contributed by atoms with Crippen molar-refractivity contribution in [3.05, 3.63) is 57.5 Å². The molecule has 2 heterocycles. The molecule has 1 N–H and O–H groups in total. The number of aromatic nitrogens is 2. The molecule has 1 aromatic carbocycles. The minimum Gasteiger partial charge on any atom is -0.325 e. The molecule has 1 amide bonds. The molecule has 28 heavy (non-hydrogen) atoms. The Morgan fingerprint density at radius 2 is 1.68 bits per heavy atom. The first-order chi connectivity index (χ1) is 12.9. The number of nitrogens with zero attached hydrogens (tertiary/aromatic N) is 2. The van der Waals surface area contributed by atoms with Crippen molar-refractivity contribution in [2.45, 2.75) is 18.9 Å². The summed E-state index contributed by atoms with van der Waals surface area (Å²) in [7, 11) is 0. The van der Waals surface area contributed by atoms with Crippen molar-refractivity contribution in [3.63, 3.8) is 0 Å². The highest BCUT2D eigenvalue weighted by molar-refractivity contribution is 7.17. The third-order valence-electron chi connectivity index (χ3n) is 3.62. The van der Waals surface area contributed by atoms with Crippen molar-refractivity contribution in [1.29, 1.82) is 0 Å². The summed E-state index contributed by atoms with van der Waals surface area (Å²) in [4.78, 5) is 28.2. The lowest BCUT2D eigenvalue weighted by atomic mass is 10.1. The third-order valence-corrected chi connectivity index (χ3v) is 4.51. The van der Waals surface area contributed by atoms with Crippen LogP contribution in [-0.2, 0) is 23.7 Å². The zero-order valence-electron chi connectivity index (χ0n) is 13.6. The minimum atomic E-state index is -5.04. The Balaban J connectivity index is 1.88. The Bertz CT molecular complexity index is 1070. The second-order valence-electron chi connectivity index (χ2n) is 5.66. The van der Waals surface area contributed by atoms with E-state index in [1.165, 1.54) is 0 Å². The number of rotatable bonds is 3. The van der Waals surface area contributed by atoms with E-state index >= 15 is 0 Å². The number of alkyl halides is 6. The van der Waals surface area contributed by atoms with Gasteiger partial charge in [-0.1, -0.05) is 0 Å². The number of nitrogens with one attached hydrogen (secondary N) is 1. The number of thiophene rings is 1. The summed E-state index contributed by atoms with van der Waals surface area (Å²) in [6.45, 7) is -0.628. The van der Waals surface area contributed by atoms with Crippen molar-refractivity contribution >= 4 is 33.1 Å². The van der Waals surface area contributed by atoms with Crippen LogP contribution in [0.1, 0.15) is 11.1 Å². The molecule has 0 unspecified atom stereocenters. The largest absolute Gasteiger partial charge is 0.416 e. The number of hydrogen-bond acceptors (Lipinski definition) is 4. The first kappa shape index (κ1) is 19.9. The molecule has 148 valence electrons. The second kappa shape index (κ2) is 6.93. The molecular weight excluding hydrogens is 412 g/mol. The van der Waals surface area contributed by atoms with Crippen molar-refractivity contribution in [1.82, 2.24) is 9.55 Å². The summed E-state index contributed by atoms with van der Waals surface area (Å²) < 4.78 is 78.3. The molecule has 0 atom stereocenters. The van der Waals surface area contributed by atoms with Crippen LogP contribution in [0.15, 0.2) is 40.8 Å². The summed E-state index contributed by atoms with van der Waals surface area (Å²) in [5.74, 6) is -0.979. The molecule has 0 aliphatic carbocycles. The Morgan fingerprint density at radius 1 is 1.07 bits per heavy atom. The molecule has 0 spiro atoms. The number of amides is 1. The van der Waals surface area contributed by atoms with Crippen molar-refractivity contribution < 1.29 is 31.1 Å². The van der Waals surface area contributed by atoms with Gasteiger partial charge in [0.25, 0.3) is 5.56 Å². The van der Waals surface area contributed by atoms with Gasteiger partial charge < -0.3 is 5.32 Å². The molecule has 0 saturated carbocycles. The van der Waals surface area contributed by atoms with Crippen molar-refractivity contribution in [2.75, 3.05) is 5.32 Å². The highest BCUT2D eigenvalue weighted by atomic mass is 32.1. The summed E-state index contributed by atoms with van der Waals surface area (Å²) >= 11 is 1.09. The van der Waals surface area contributed by atoms with Gasteiger partial charge in [0.2, 0.25) is 5.91 Å². The lowest BCUT2D eigenvalue weighted by Gasteiger charge is -2.15. The number of benzene rings is 1. The number of fused-ring (bicyclic) bond motifs is 1. The Labute approximate surface area is 156 Å². The average Bonchev–Trinajstić information content (AvgIpc) is 3.05. The van der Waals surface area contributed by atoms with Gasteiger partial charge in [0, 0.05) is 5.69 Å². The molecule has 12 heteroatoms. The molecule has 0 aliphatic rings. The predicted molar refractivity (Wildman–Crippen MR) is 89.0 cm³/mol.